The van der Waals surface area contributed by atoms with Crippen molar-refractivity contribution in [2.24, 2.45) is 0 Å². The Hall–Kier alpha value is -3.27. The quantitative estimate of drug-likeness (QED) is 0.0256. The number of benzene rings is 4. The van der Waals surface area contributed by atoms with Crippen molar-refractivity contribution in [1.82, 2.24) is 0 Å². The molecule has 8 nitrogen and oxygen atoms in total. The number of hydrogen-bond donors (Lipinski definition) is 2. The van der Waals surface area contributed by atoms with Crippen molar-refractivity contribution in [3.8, 4) is 0 Å². The van der Waals surface area contributed by atoms with E-state index in [9.17, 15) is 10.2 Å². The molecule has 0 radical (unpaired) electrons. The third kappa shape index (κ3) is 39.2. The van der Waals surface area contributed by atoms with E-state index in [1.807, 2.05) is 0 Å². The van der Waals surface area contributed by atoms with E-state index in [0.29, 0.717) is 32.8 Å². The molecule has 4 rings (SSSR count). The zero-order valence-electron chi connectivity index (χ0n) is 66.3. The highest BCUT2D eigenvalue weighted by Crippen LogP contribution is 2.39. The molecule has 10 heteroatoms. The number of allylic oxidation sites excluding steroid dienone is 2. The first-order valence-electron chi connectivity index (χ1n) is 41.6. The van der Waals surface area contributed by atoms with Crippen LogP contribution in [0.4, 0.5) is 0 Å². The molecule has 0 spiro atoms. The van der Waals surface area contributed by atoms with Gasteiger partial charge in [-0.1, -0.05) is 395 Å². The van der Waals surface area contributed by atoms with Crippen molar-refractivity contribution in [2.75, 3.05) is 52.9 Å². The summed E-state index contributed by atoms with van der Waals surface area (Å²) in [5.74, 6) is 0. The van der Waals surface area contributed by atoms with Gasteiger partial charge in [0.2, 0.25) is 0 Å². The molecule has 4 aromatic rings. The molecule has 4 atom stereocenters. The Labute approximate surface area is 618 Å². The van der Waals surface area contributed by atoms with Crippen molar-refractivity contribution in [2.45, 2.75) is 361 Å². The Morgan fingerprint density at radius 3 is 0.730 bits per heavy atom. The van der Waals surface area contributed by atoms with Gasteiger partial charge in [-0.3, -0.25) is 0 Å². The fourth-order valence-corrected chi connectivity index (χ4v) is 23.5. The Morgan fingerprint density at radius 2 is 0.500 bits per heavy atom. The van der Waals surface area contributed by atoms with Crippen LogP contribution >= 0.6 is 0 Å². The third-order valence-electron chi connectivity index (χ3n) is 20.2. The molecular formula is C90H154O8Si2. The first kappa shape index (κ1) is 90.9. The van der Waals surface area contributed by atoms with Gasteiger partial charge in [-0.15, -0.1) is 0 Å². The first-order chi connectivity index (χ1) is 48.7. The van der Waals surface area contributed by atoms with Gasteiger partial charge in [0.05, 0.1) is 50.8 Å². The Balaban J connectivity index is 0.000000521. The normalized spacial score (nSPS) is 13.6. The molecule has 4 aromatic carbocycles. The second kappa shape index (κ2) is 58.9. The summed E-state index contributed by atoms with van der Waals surface area (Å²) in [6.45, 7) is 28.4. The highest BCUT2D eigenvalue weighted by Gasteiger charge is 2.53. The van der Waals surface area contributed by atoms with Crippen LogP contribution in [0.15, 0.2) is 133 Å². The molecule has 4 unspecified atom stereocenters. The molecule has 0 aromatic heterocycles. The largest absolute Gasteiger partial charge is 0.400 e. The van der Waals surface area contributed by atoms with E-state index in [0.717, 1.165) is 97.1 Å². The van der Waals surface area contributed by atoms with Gasteiger partial charge in [-0.05, 0) is 95.0 Å². The van der Waals surface area contributed by atoms with Gasteiger partial charge in [0.25, 0.3) is 16.6 Å². The molecule has 0 aliphatic rings. The van der Waals surface area contributed by atoms with Crippen LogP contribution in [0.1, 0.15) is 326 Å². The van der Waals surface area contributed by atoms with Gasteiger partial charge in [0, 0.05) is 26.4 Å². The number of hydrogen-bond acceptors (Lipinski definition) is 8. The second-order valence-corrected chi connectivity index (χ2v) is 39.7. The summed E-state index contributed by atoms with van der Waals surface area (Å²) < 4.78 is 40.3. The maximum atomic E-state index is 10.4. The van der Waals surface area contributed by atoms with Crippen LogP contribution in [-0.2, 0) is 27.8 Å². The standard InChI is InChI=1S/C45H78O5Si.C45H76O3Si/c1-6-8-10-12-16-26-34-43(46)44(47)35-27-17-14-15-19-29-37-49-39-40(38-48-36-28-18-13-11-9-7-2)50-51(45(3,4)5,41-30-22-20-23-31-41)42-32-24-21-25-33-42;1-6-8-10-12-14-15-16-17-18-19-20-21-22-23-25-33-39-47-41-42(40-46-38-32-24-13-11-9-7-2)48-49(45(3,4)5,43-34-28-26-29-35-43)44-36-30-27-31-37-44/h20-25,30-33,40,43-44,46-47H,6-19,26-29,34-39H2,1-5H3;17-18,26-31,34-37,42H,6-16,19-25,32-33,38-41H2,1-5H3/b;18-17-. The fraction of sp³-hybridized carbons (Fsp3) is 0.711. The Kier molecular flexibility index (Phi) is 53.6. The van der Waals surface area contributed by atoms with Crippen molar-refractivity contribution in [1.29, 1.82) is 0 Å². The van der Waals surface area contributed by atoms with E-state index in [1.165, 1.54) is 201 Å². The molecular weight excluding hydrogens is 1270 g/mol. The van der Waals surface area contributed by atoms with Crippen LogP contribution in [0.3, 0.4) is 0 Å². The molecule has 570 valence electrons. The minimum Gasteiger partial charge on any atom is -0.400 e. The lowest BCUT2D eigenvalue weighted by Gasteiger charge is -2.45. The smallest absolute Gasteiger partial charge is 0.261 e. The number of ether oxygens (including phenoxy) is 4. The van der Waals surface area contributed by atoms with E-state index in [-0.39, 0.29) is 22.3 Å². The lowest BCUT2D eigenvalue weighted by atomic mass is 9.99. The SMILES string of the molecule is CCCCCCCC/C=C\CCCCCCCCOCC(COCCCCCCCC)O[Si](c1ccccc1)(c1ccccc1)C(C)(C)C.CCCCCCCCOCC(COCCCCCCCCC(O)C(O)CCCCCCCC)O[Si](c1ccccc1)(c1ccccc1)C(C)(C)C. The summed E-state index contributed by atoms with van der Waals surface area (Å²) in [7, 11) is -5.40. The molecule has 0 bridgehead atoms. The van der Waals surface area contributed by atoms with Crippen molar-refractivity contribution in [3.63, 3.8) is 0 Å². The molecule has 0 amide bonds. The van der Waals surface area contributed by atoms with Crippen LogP contribution in [0.2, 0.25) is 10.1 Å². The average molecular weight is 1420 g/mol. The van der Waals surface area contributed by atoms with Crippen LogP contribution < -0.4 is 20.7 Å². The zero-order chi connectivity index (χ0) is 72.4. The highest BCUT2D eigenvalue weighted by atomic mass is 28.4. The van der Waals surface area contributed by atoms with Gasteiger partial charge in [0.1, 0.15) is 0 Å². The van der Waals surface area contributed by atoms with Crippen molar-refractivity contribution < 1.29 is 38.0 Å². The molecule has 0 fully saturated rings. The molecule has 0 heterocycles. The van der Waals surface area contributed by atoms with Crippen LogP contribution in [0, 0.1) is 0 Å². The number of rotatable bonds is 63. The van der Waals surface area contributed by atoms with E-state index in [1.54, 1.807) is 0 Å². The molecule has 0 aliphatic heterocycles. The van der Waals surface area contributed by atoms with Gasteiger partial charge in [-0.2, -0.15) is 0 Å². The van der Waals surface area contributed by atoms with E-state index < -0.39 is 28.8 Å². The number of unbranched alkanes of at least 4 members (excludes halogenated alkanes) is 32. The molecule has 0 saturated heterocycles. The molecule has 2 N–H and O–H groups in total. The summed E-state index contributed by atoms with van der Waals surface area (Å²) in [6.07, 6.45) is 52.3. The van der Waals surface area contributed by atoms with Crippen LogP contribution in [-0.4, -0.2) is 104 Å². The van der Waals surface area contributed by atoms with Gasteiger partial charge in [0.15, 0.2) is 0 Å². The Morgan fingerprint density at radius 1 is 0.290 bits per heavy atom. The molecule has 0 saturated carbocycles. The highest BCUT2D eigenvalue weighted by molar-refractivity contribution is 7.00. The first-order valence-corrected chi connectivity index (χ1v) is 45.4. The van der Waals surface area contributed by atoms with Crippen LogP contribution in [0.25, 0.3) is 0 Å². The van der Waals surface area contributed by atoms with Crippen LogP contribution in [0.5, 0.6) is 0 Å². The third-order valence-corrected chi connectivity index (χ3v) is 30.3. The van der Waals surface area contributed by atoms with Gasteiger partial charge < -0.3 is 38.0 Å². The van der Waals surface area contributed by atoms with E-state index >= 15 is 0 Å². The maximum Gasteiger partial charge on any atom is 0.261 e. The van der Waals surface area contributed by atoms with E-state index in [4.69, 9.17) is 27.8 Å². The fourth-order valence-electron chi connectivity index (χ4n) is 14.2. The van der Waals surface area contributed by atoms with Gasteiger partial charge >= 0.3 is 0 Å². The summed E-state index contributed by atoms with van der Waals surface area (Å²) in [5.41, 5.74) is 0. The number of aliphatic hydroxyl groups excluding tert-OH is 2. The monoisotopic (exact) mass is 1420 g/mol. The summed E-state index contributed by atoms with van der Waals surface area (Å²) in [5, 5.41) is 25.7. The topological polar surface area (TPSA) is 95.8 Å². The predicted molar refractivity (Wildman–Crippen MR) is 437 cm³/mol. The zero-order valence-corrected chi connectivity index (χ0v) is 68.3. The van der Waals surface area contributed by atoms with Crippen molar-refractivity contribution in [3.05, 3.63) is 133 Å². The lowest BCUT2D eigenvalue weighted by Crippen LogP contribution is -2.68. The number of aliphatic hydroxyl groups is 2. The minimum absolute atomic E-state index is 0.0725. The summed E-state index contributed by atoms with van der Waals surface area (Å²) >= 11 is 0. The minimum atomic E-state index is -2.72. The Bertz CT molecular complexity index is 2350. The predicted octanol–water partition coefficient (Wildman–Crippen LogP) is 22.9. The van der Waals surface area contributed by atoms with E-state index in [2.05, 4.69) is 203 Å². The summed E-state index contributed by atoms with van der Waals surface area (Å²) in [4.78, 5) is 0. The van der Waals surface area contributed by atoms with Crippen molar-refractivity contribution >= 4 is 37.4 Å². The maximum absolute atomic E-state index is 10.4. The van der Waals surface area contributed by atoms with Gasteiger partial charge in [-0.25, -0.2) is 0 Å². The average Bonchev–Trinajstić information content (AvgIpc) is 0.754. The summed E-state index contributed by atoms with van der Waals surface area (Å²) in [6, 6.07) is 43.6. The molecule has 100 heavy (non-hydrogen) atoms. The lowest BCUT2D eigenvalue weighted by molar-refractivity contribution is -0.0122. The second-order valence-electron chi connectivity index (χ2n) is 31.2. The molecule has 0 aliphatic carbocycles.